The van der Waals surface area contributed by atoms with Gasteiger partial charge in [0.05, 0.1) is 0 Å². The second kappa shape index (κ2) is 6.94. The molecule has 1 aromatic rings. The zero-order chi connectivity index (χ0) is 17.8. The van der Waals surface area contributed by atoms with Crippen LogP contribution in [0.4, 0.5) is 25.1 Å². The van der Waals surface area contributed by atoms with Gasteiger partial charge in [-0.15, -0.1) is 0 Å². The maximum Gasteiger partial charge on any atom is 0.429 e. The van der Waals surface area contributed by atoms with Gasteiger partial charge >= 0.3 is 6.18 Å². The summed E-state index contributed by atoms with van der Waals surface area (Å²) in [5, 5.41) is 2.91. The van der Waals surface area contributed by atoms with Gasteiger partial charge in [0.1, 0.15) is 5.71 Å². The lowest BCUT2D eigenvalue weighted by Crippen LogP contribution is -2.19. The predicted octanol–water partition coefficient (Wildman–Crippen LogP) is 3.74. The Labute approximate surface area is 133 Å². The fourth-order valence-electron chi connectivity index (χ4n) is 1.25. The Morgan fingerprint density at radius 3 is 2.22 bits per heavy atom. The van der Waals surface area contributed by atoms with Gasteiger partial charge in [-0.2, -0.15) is 28.1 Å². The maximum atomic E-state index is 12.6. The van der Waals surface area contributed by atoms with E-state index >= 15 is 0 Å². The van der Waals surface area contributed by atoms with Crippen LogP contribution in [0, 0.1) is 17.3 Å². The van der Waals surface area contributed by atoms with Crippen molar-refractivity contribution in [2.24, 2.45) is 10.4 Å². The van der Waals surface area contributed by atoms with Crippen molar-refractivity contribution in [1.29, 1.82) is 0 Å². The summed E-state index contributed by atoms with van der Waals surface area (Å²) in [5.41, 5.74) is -1.32. The topological polar surface area (TPSA) is 63.1 Å². The van der Waals surface area contributed by atoms with Gasteiger partial charge < -0.3 is 5.32 Å². The van der Waals surface area contributed by atoms with Crippen LogP contribution < -0.4 is 5.32 Å². The Morgan fingerprint density at radius 1 is 1.13 bits per heavy atom. The van der Waals surface area contributed by atoms with E-state index in [4.69, 9.17) is 0 Å². The van der Waals surface area contributed by atoms with E-state index in [0.29, 0.717) is 0 Å². The van der Waals surface area contributed by atoms with Crippen LogP contribution in [0.25, 0.3) is 0 Å². The normalized spacial score (nSPS) is 12.9. The fourth-order valence-corrected chi connectivity index (χ4v) is 1.25. The van der Waals surface area contributed by atoms with Crippen molar-refractivity contribution in [2.75, 3.05) is 5.32 Å². The highest BCUT2D eigenvalue weighted by molar-refractivity contribution is 5.88. The van der Waals surface area contributed by atoms with Crippen LogP contribution in [0.15, 0.2) is 4.99 Å². The summed E-state index contributed by atoms with van der Waals surface area (Å²) in [6, 6.07) is 0.00127. The van der Waals surface area contributed by atoms with Crippen LogP contribution in [-0.4, -0.2) is 32.9 Å². The summed E-state index contributed by atoms with van der Waals surface area (Å²) in [6.45, 7) is 10.3. The first-order chi connectivity index (χ1) is 10.4. The van der Waals surface area contributed by atoms with Crippen LogP contribution >= 0.6 is 0 Å². The smallest absolute Gasteiger partial charge is 0.352 e. The number of hydrogen-bond acceptors (Lipinski definition) is 5. The highest BCUT2D eigenvalue weighted by Crippen LogP contribution is 2.20. The van der Waals surface area contributed by atoms with E-state index in [2.05, 4.69) is 37.1 Å². The molecule has 1 heterocycles. The average molecular weight is 327 g/mol. The first-order valence-corrected chi connectivity index (χ1v) is 7.05. The Bertz CT molecular complexity index is 646. The summed E-state index contributed by atoms with van der Waals surface area (Å²) >= 11 is 0. The molecule has 1 aromatic heterocycles. The van der Waals surface area contributed by atoms with Crippen LogP contribution in [0.3, 0.4) is 0 Å². The van der Waals surface area contributed by atoms with Crippen molar-refractivity contribution in [3.63, 3.8) is 0 Å². The Hall–Kier alpha value is -2.17. The third-order valence-corrected chi connectivity index (χ3v) is 2.27. The molecule has 0 aliphatic carbocycles. The lowest BCUT2D eigenvalue weighted by atomic mass is 9.98. The molecule has 0 bridgehead atoms. The van der Waals surface area contributed by atoms with Crippen LogP contribution in [0.1, 0.15) is 47.4 Å². The van der Waals surface area contributed by atoms with Gasteiger partial charge in [-0.25, -0.2) is 4.99 Å². The number of alkyl halides is 3. The first-order valence-electron chi connectivity index (χ1n) is 7.05. The molecule has 23 heavy (non-hydrogen) atoms. The molecular weight excluding hydrogens is 307 g/mol. The molecule has 0 aromatic carbocycles. The average Bonchev–Trinajstić information content (AvgIpc) is 2.33. The Balaban J connectivity index is 3.32. The van der Waals surface area contributed by atoms with Crippen LogP contribution in [0.2, 0.25) is 0 Å². The standard InChI is InChI=1S/C15H20F3N5/c1-9(2)19-12-21-11(7-8-14(4,5)6)22-13(23-12)20-10(3)15(16,17)18/h9H,1-6H3,(H,19,21,22,23)/b20-10+. The van der Waals surface area contributed by atoms with Crippen LogP contribution in [0.5, 0.6) is 0 Å². The molecule has 1 N–H and O–H groups in total. The minimum Gasteiger partial charge on any atom is -0.352 e. The summed E-state index contributed by atoms with van der Waals surface area (Å²) in [7, 11) is 0. The van der Waals surface area contributed by atoms with E-state index in [0.717, 1.165) is 6.92 Å². The highest BCUT2D eigenvalue weighted by atomic mass is 19.4. The number of aromatic nitrogens is 3. The second-order valence-electron chi connectivity index (χ2n) is 6.28. The van der Waals surface area contributed by atoms with Gasteiger partial charge in [-0.05, 0) is 47.5 Å². The highest BCUT2D eigenvalue weighted by Gasteiger charge is 2.32. The zero-order valence-electron chi connectivity index (χ0n) is 14.0. The van der Waals surface area contributed by atoms with E-state index in [1.165, 1.54) is 0 Å². The Kier molecular flexibility index (Phi) is 5.70. The van der Waals surface area contributed by atoms with E-state index in [1.54, 1.807) is 0 Å². The molecule has 0 atom stereocenters. The molecule has 0 radical (unpaired) electrons. The second-order valence-corrected chi connectivity index (χ2v) is 6.28. The van der Waals surface area contributed by atoms with Crippen LogP contribution in [-0.2, 0) is 0 Å². The monoisotopic (exact) mass is 327 g/mol. The van der Waals surface area contributed by atoms with Crippen molar-refractivity contribution in [1.82, 2.24) is 15.0 Å². The molecule has 0 saturated carbocycles. The third kappa shape index (κ3) is 7.08. The molecule has 126 valence electrons. The number of halogens is 3. The van der Waals surface area contributed by atoms with Crippen molar-refractivity contribution >= 4 is 17.6 Å². The number of hydrogen-bond donors (Lipinski definition) is 1. The quantitative estimate of drug-likeness (QED) is 0.678. The number of aliphatic imine (C=N–C) groups is 1. The summed E-state index contributed by atoms with van der Waals surface area (Å²) in [5.74, 6) is 5.57. The molecule has 0 fully saturated rings. The van der Waals surface area contributed by atoms with Gasteiger partial charge in [0.15, 0.2) is 0 Å². The van der Waals surface area contributed by atoms with Gasteiger partial charge in [0.25, 0.3) is 5.95 Å². The predicted molar refractivity (Wildman–Crippen MR) is 83.7 cm³/mol. The molecule has 5 nitrogen and oxygen atoms in total. The maximum absolute atomic E-state index is 12.6. The fraction of sp³-hybridized carbons (Fsp3) is 0.600. The van der Waals surface area contributed by atoms with Crippen molar-refractivity contribution in [3.8, 4) is 11.8 Å². The Morgan fingerprint density at radius 2 is 1.74 bits per heavy atom. The molecule has 0 aliphatic rings. The lowest BCUT2D eigenvalue weighted by molar-refractivity contribution is -0.0591. The van der Waals surface area contributed by atoms with Crippen molar-refractivity contribution < 1.29 is 13.2 Å². The van der Waals surface area contributed by atoms with Gasteiger partial charge in [0, 0.05) is 11.5 Å². The van der Waals surface area contributed by atoms with E-state index in [-0.39, 0.29) is 29.2 Å². The van der Waals surface area contributed by atoms with Gasteiger partial charge in [0.2, 0.25) is 11.8 Å². The van der Waals surface area contributed by atoms with E-state index < -0.39 is 11.9 Å². The lowest BCUT2D eigenvalue weighted by Gasteiger charge is -2.10. The van der Waals surface area contributed by atoms with Gasteiger partial charge in [-0.1, -0.05) is 5.92 Å². The SMILES string of the molecule is C/C(=N\c1nc(C#CC(C)(C)C)nc(NC(C)C)n1)C(F)(F)F. The number of rotatable bonds is 3. The molecule has 8 heteroatoms. The van der Waals surface area contributed by atoms with Gasteiger partial charge in [-0.3, -0.25) is 0 Å². The van der Waals surface area contributed by atoms with Crippen molar-refractivity contribution in [2.45, 2.75) is 53.8 Å². The third-order valence-electron chi connectivity index (χ3n) is 2.27. The molecule has 1 rings (SSSR count). The minimum atomic E-state index is -4.53. The first kappa shape index (κ1) is 18.9. The molecular formula is C15H20F3N5. The molecule has 0 amide bonds. The van der Waals surface area contributed by atoms with E-state index in [1.807, 2.05) is 34.6 Å². The van der Waals surface area contributed by atoms with Crippen molar-refractivity contribution in [3.05, 3.63) is 5.82 Å². The zero-order valence-corrected chi connectivity index (χ0v) is 14.0. The minimum absolute atomic E-state index is 0.00127. The largest absolute Gasteiger partial charge is 0.429 e. The molecule has 0 saturated heterocycles. The number of anilines is 1. The summed E-state index contributed by atoms with van der Waals surface area (Å²) in [4.78, 5) is 15.3. The summed E-state index contributed by atoms with van der Waals surface area (Å²) in [6.07, 6.45) is -4.53. The van der Waals surface area contributed by atoms with E-state index in [9.17, 15) is 13.2 Å². The molecule has 0 unspecified atom stereocenters. The molecule has 0 aliphatic heterocycles. The number of nitrogens with one attached hydrogen (secondary N) is 1. The summed E-state index contributed by atoms with van der Waals surface area (Å²) < 4.78 is 37.8. The number of nitrogens with zero attached hydrogens (tertiary/aromatic N) is 4. The molecule has 0 spiro atoms.